The number of carbonyl (C=O) groups is 2. The fourth-order valence-electron chi connectivity index (χ4n) is 2.38. The van der Waals surface area contributed by atoms with Gasteiger partial charge in [0.15, 0.2) is 18.2 Å². The molecule has 1 aromatic carbocycles. The lowest BCUT2D eigenvalue weighted by molar-refractivity contribution is 0.0519. The van der Waals surface area contributed by atoms with Crippen LogP contribution in [0.4, 0.5) is 4.39 Å². The van der Waals surface area contributed by atoms with Crippen molar-refractivity contribution in [1.29, 1.82) is 0 Å². The van der Waals surface area contributed by atoms with Crippen LogP contribution in [0.15, 0.2) is 22.7 Å². The van der Waals surface area contributed by atoms with E-state index in [2.05, 4.69) is 20.9 Å². The average molecular weight is 398 g/mol. The lowest BCUT2D eigenvalue weighted by Crippen LogP contribution is -2.14. The summed E-state index contributed by atoms with van der Waals surface area (Å²) in [5.41, 5.74) is 1.64. The number of aromatic amines is 1. The van der Waals surface area contributed by atoms with Gasteiger partial charge in [-0.3, -0.25) is 4.79 Å². The Balaban J connectivity index is 2.16. The molecule has 0 amide bonds. The van der Waals surface area contributed by atoms with Gasteiger partial charge in [0.25, 0.3) is 0 Å². The summed E-state index contributed by atoms with van der Waals surface area (Å²) < 4.78 is 24.5. The zero-order chi connectivity index (χ0) is 17.9. The van der Waals surface area contributed by atoms with E-state index in [0.29, 0.717) is 21.3 Å². The van der Waals surface area contributed by atoms with Crippen molar-refractivity contribution >= 4 is 27.7 Å². The SMILES string of the molecule is CCOC(=O)c1[nH]c(C)c(C(=O)COc2ccc(Br)cc2F)c1C. The Morgan fingerprint density at radius 3 is 2.62 bits per heavy atom. The van der Waals surface area contributed by atoms with Crippen molar-refractivity contribution in [3.8, 4) is 5.75 Å². The van der Waals surface area contributed by atoms with Crippen molar-refractivity contribution in [1.82, 2.24) is 4.98 Å². The van der Waals surface area contributed by atoms with Gasteiger partial charge in [-0.05, 0) is 44.5 Å². The molecule has 5 nitrogen and oxygen atoms in total. The number of hydrogen-bond donors (Lipinski definition) is 1. The Labute approximate surface area is 147 Å². The molecule has 0 aliphatic carbocycles. The summed E-state index contributed by atoms with van der Waals surface area (Å²) in [6, 6.07) is 4.31. The number of hydrogen-bond acceptors (Lipinski definition) is 4. The second-order valence-electron chi connectivity index (χ2n) is 5.13. The zero-order valence-electron chi connectivity index (χ0n) is 13.5. The van der Waals surface area contributed by atoms with Crippen molar-refractivity contribution in [3.63, 3.8) is 0 Å². The molecule has 0 radical (unpaired) electrons. The van der Waals surface area contributed by atoms with Crippen molar-refractivity contribution < 1.29 is 23.5 Å². The number of ketones is 1. The maximum absolute atomic E-state index is 13.7. The van der Waals surface area contributed by atoms with E-state index in [-0.39, 0.29) is 30.4 Å². The molecule has 0 saturated carbocycles. The van der Waals surface area contributed by atoms with Gasteiger partial charge in [-0.15, -0.1) is 0 Å². The summed E-state index contributed by atoms with van der Waals surface area (Å²) in [6.07, 6.45) is 0. The molecule has 7 heteroatoms. The lowest BCUT2D eigenvalue weighted by atomic mass is 10.1. The first kappa shape index (κ1) is 18.2. The number of ether oxygens (including phenoxy) is 2. The van der Waals surface area contributed by atoms with Crippen molar-refractivity contribution in [2.75, 3.05) is 13.2 Å². The Bertz CT molecular complexity index is 785. The van der Waals surface area contributed by atoms with Gasteiger partial charge in [-0.1, -0.05) is 15.9 Å². The highest BCUT2D eigenvalue weighted by Gasteiger charge is 2.23. The first-order valence-corrected chi connectivity index (χ1v) is 8.11. The number of esters is 1. The molecule has 1 N–H and O–H groups in total. The van der Waals surface area contributed by atoms with Gasteiger partial charge in [0.05, 0.1) is 6.61 Å². The van der Waals surface area contributed by atoms with Crippen LogP contribution in [0.5, 0.6) is 5.75 Å². The quantitative estimate of drug-likeness (QED) is 0.591. The number of nitrogens with one attached hydrogen (secondary N) is 1. The van der Waals surface area contributed by atoms with Gasteiger partial charge in [0.2, 0.25) is 5.78 Å². The minimum Gasteiger partial charge on any atom is -0.482 e. The third-order valence-corrected chi connectivity index (χ3v) is 3.94. The number of aromatic nitrogens is 1. The molecule has 0 fully saturated rings. The van der Waals surface area contributed by atoms with Gasteiger partial charge >= 0.3 is 5.97 Å². The minimum atomic E-state index is -0.563. The fourth-order valence-corrected chi connectivity index (χ4v) is 2.72. The van der Waals surface area contributed by atoms with E-state index in [1.807, 2.05) is 0 Å². The van der Waals surface area contributed by atoms with E-state index in [9.17, 15) is 14.0 Å². The molecular weight excluding hydrogens is 381 g/mol. The molecule has 0 unspecified atom stereocenters. The maximum Gasteiger partial charge on any atom is 0.355 e. The number of benzene rings is 1. The number of aryl methyl sites for hydroxylation is 1. The summed E-state index contributed by atoms with van der Waals surface area (Å²) in [7, 11) is 0. The Kier molecular flexibility index (Phi) is 5.77. The molecule has 24 heavy (non-hydrogen) atoms. The van der Waals surface area contributed by atoms with Crippen LogP contribution in [0.1, 0.15) is 39.0 Å². The molecule has 128 valence electrons. The van der Waals surface area contributed by atoms with Gasteiger partial charge in [-0.2, -0.15) is 0 Å². The van der Waals surface area contributed by atoms with E-state index in [0.717, 1.165) is 0 Å². The van der Waals surface area contributed by atoms with Crippen LogP contribution in [0.2, 0.25) is 0 Å². The smallest absolute Gasteiger partial charge is 0.355 e. The third kappa shape index (κ3) is 3.84. The molecule has 2 aromatic rings. The first-order valence-electron chi connectivity index (χ1n) is 7.32. The number of halogens is 2. The van der Waals surface area contributed by atoms with Crippen LogP contribution in [0.3, 0.4) is 0 Å². The average Bonchev–Trinajstić information content (AvgIpc) is 2.81. The van der Waals surface area contributed by atoms with Crippen LogP contribution in [0, 0.1) is 19.7 Å². The lowest BCUT2D eigenvalue weighted by Gasteiger charge is -2.07. The summed E-state index contributed by atoms with van der Waals surface area (Å²) in [5, 5.41) is 0. The molecule has 1 aromatic heterocycles. The van der Waals surface area contributed by atoms with Gasteiger partial charge in [0.1, 0.15) is 5.69 Å². The van der Waals surface area contributed by atoms with Crippen LogP contribution >= 0.6 is 15.9 Å². The summed E-state index contributed by atoms with van der Waals surface area (Å²) >= 11 is 3.15. The van der Waals surface area contributed by atoms with E-state index in [4.69, 9.17) is 9.47 Å². The normalized spacial score (nSPS) is 10.5. The van der Waals surface area contributed by atoms with Crippen molar-refractivity contribution in [2.45, 2.75) is 20.8 Å². The van der Waals surface area contributed by atoms with Crippen LogP contribution in [-0.4, -0.2) is 30.0 Å². The summed E-state index contributed by atoms with van der Waals surface area (Å²) in [4.78, 5) is 27.1. The standard InChI is InChI=1S/C17H17BrFNO4/c1-4-23-17(22)16-9(2)15(10(3)20-16)13(21)8-24-14-6-5-11(18)7-12(14)19/h5-7,20H,4,8H2,1-3H3. The third-order valence-electron chi connectivity index (χ3n) is 3.45. The Morgan fingerprint density at radius 2 is 2.00 bits per heavy atom. The molecule has 0 spiro atoms. The Morgan fingerprint density at radius 1 is 1.29 bits per heavy atom. The van der Waals surface area contributed by atoms with Crippen LogP contribution < -0.4 is 4.74 Å². The van der Waals surface area contributed by atoms with E-state index in [1.165, 1.54) is 12.1 Å². The first-order chi connectivity index (χ1) is 11.3. The summed E-state index contributed by atoms with van der Waals surface area (Å²) in [6.45, 7) is 4.95. The molecular formula is C17H17BrFNO4. The van der Waals surface area contributed by atoms with Crippen molar-refractivity contribution in [2.24, 2.45) is 0 Å². The molecule has 1 heterocycles. The molecule has 0 aliphatic rings. The van der Waals surface area contributed by atoms with Crippen LogP contribution in [0.25, 0.3) is 0 Å². The summed E-state index contributed by atoms with van der Waals surface area (Å²) in [5.74, 6) is -1.44. The monoisotopic (exact) mass is 397 g/mol. The number of Topliss-reactive ketones (excluding diaryl/α,β-unsaturated/α-hetero) is 1. The number of carbonyl (C=O) groups excluding carboxylic acids is 2. The van der Waals surface area contributed by atoms with Gasteiger partial charge in [-0.25, -0.2) is 9.18 Å². The highest BCUT2D eigenvalue weighted by Crippen LogP contribution is 2.23. The van der Waals surface area contributed by atoms with E-state index >= 15 is 0 Å². The highest BCUT2D eigenvalue weighted by atomic mass is 79.9. The number of H-pyrrole nitrogens is 1. The minimum absolute atomic E-state index is 0.0111. The predicted molar refractivity (Wildman–Crippen MR) is 90.1 cm³/mol. The zero-order valence-corrected chi connectivity index (χ0v) is 15.1. The Hall–Kier alpha value is -2.15. The predicted octanol–water partition coefficient (Wildman–Crippen LogP) is 3.97. The van der Waals surface area contributed by atoms with Crippen LogP contribution in [-0.2, 0) is 4.74 Å². The number of rotatable bonds is 6. The fraction of sp³-hybridized carbons (Fsp3) is 0.294. The molecule has 2 rings (SSSR count). The second kappa shape index (κ2) is 7.61. The van der Waals surface area contributed by atoms with Gasteiger partial charge < -0.3 is 14.5 Å². The molecule has 0 atom stereocenters. The topological polar surface area (TPSA) is 68.4 Å². The van der Waals surface area contributed by atoms with E-state index in [1.54, 1.807) is 26.8 Å². The maximum atomic E-state index is 13.7. The molecule has 0 aliphatic heterocycles. The molecule has 0 saturated heterocycles. The van der Waals surface area contributed by atoms with E-state index < -0.39 is 11.8 Å². The highest BCUT2D eigenvalue weighted by molar-refractivity contribution is 9.10. The largest absolute Gasteiger partial charge is 0.482 e. The molecule has 0 bridgehead atoms. The van der Waals surface area contributed by atoms with Gasteiger partial charge in [0, 0.05) is 15.7 Å². The van der Waals surface area contributed by atoms with Crippen molar-refractivity contribution in [3.05, 3.63) is 51.0 Å². The second-order valence-corrected chi connectivity index (χ2v) is 6.05.